The number of allylic oxidation sites excluding steroid dienone is 3. The van der Waals surface area contributed by atoms with Gasteiger partial charge >= 0.3 is 0 Å². The summed E-state index contributed by atoms with van der Waals surface area (Å²) in [4.78, 5) is 11.9. The molecule has 0 aliphatic heterocycles. The van der Waals surface area contributed by atoms with Crippen LogP contribution in [0.5, 0.6) is 0 Å². The van der Waals surface area contributed by atoms with Crippen LogP contribution >= 0.6 is 0 Å². The van der Waals surface area contributed by atoms with E-state index in [1.807, 2.05) is 12.2 Å². The first-order chi connectivity index (χ1) is 9.06. The molecule has 1 unspecified atom stereocenters. The highest BCUT2D eigenvalue weighted by Crippen LogP contribution is 2.27. The van der Waals surface area contributed by atoms with E-state index in [4.69, 9.17) is 0 Å². The van der Waals surface area contributed by atoms with E-state index in [2.05, 4.69) is 13.8 Å². The van der Waals surface area contributed by atoms with Gasteiger partial charge in [-0.2, -0.15) is 0 Å². The minimum absolute atomic E-state index is 0.169. The van der Waals surface area contributed by atoms with Crippen molar-refractivity contribution in [2.24, 2.45) is 11.8 Å². The fourth-order valence-electron chi connectivity index (χ4n) is 2.40. The third-order valence-corrected chi connectivity index (χ3v) is 3.60. The lowest BCUT2D eigenvalue weighted by Crippen LogP contribution is -2.22. The summed E-state index contributed by atoms with van der Waals surface area (Å²) < 4.78 is 12.8. The molecule has 100 valence electrons. The van der Waals surface area contributed by atoms with Gasteiger partial charge in [-0.25, -0.2) is 4.39 Å². The van der Waals surface area contributed by atoms with Crippen LogP contribution in [0.2, 0.25) is 0 Å². The van der Waals surface area contributed by atoms with E-state index in [-0.39, 0.29) is 17.5 Å². The largest absolute Gasteiger partial charge is 0.295 e. The summed E-state index contributed by atoms with van der Waals surface area (Å²) in [5.41, 5.74) is 2.01. The molecule has 1 aromatic carbocycles. The first-order valence-corrected chi connectivity index (χ1v) is 6.74. The first-order valence-electron chi connectivity index (χ1n) is 6.74. The van der Waals surface area contributed by atoms with Gasteiger partial charge in [0.1, 0.15) is 5.82 Å². The lowest BCUT2D eigenvalue weighted by molar-refractivity contribution is -0.120. The summed E-state index contributed by atoms with van der Waals surface area (Å²) in [5.74, 6) is 0.582. The SMILES string of the molecule is CC(C)C1CCC(/C=C/c2ccc(F)cc2)=CC1=O. The van der Waals surface area contributed by atoms with Crippen molar-refractivity contribution in [1.29, 1.82) is 0 Å². The van der Waals surface area contributed by atoms with Crippen molar-refractivity contribution in [3.8, 4) is 0 Å². The van der Waals surface area contributed by atoms with Crippen molar-refractivity contribution in [2.45, 2.75) is 26.7 Å². The van der Waals surface area contributed by atoms with Crippen LogP contribution in [0.3, 0.4) is 0 Å². The summed E-state index contributed by atoms with van der Waals surface area (Å²) in [6, 6.07) is 6.34. The number of hydrogen-bond acceptors (Lipinski definition) is 1. The zero-order valence-electron chi connectivity index (χ0n) is 11.4. The molecule has 2 rings (SSSR count). The van der Waals surface area contributed by atoms with Crippen LogP contribution in [-0.4, -0.2) is 5.78 Å². The average molecular weight is 258 g/mol. The molecule has 0 heterocycles. The molecule has 0 amide bonds. The molecule has 19 heavy (non-hydrogen) atoms. The molecule has 1 aliphatic rings. The molecule has 0 N–H and O–H groups in total. The molecule has 1 atom stereocenters. The van der Waals surface area contributed by atoms with Crippen LogP contribution < -0.4 is 0 Å². The Morgan fingerprint density at radius 3 is 2.47 bits per heavy atom. The molecule has 1 aromatic rings. The average Bonchev–Trinajstić information content (AvgIpc) is 2.37. The van der Waals surface area contributed by atoms with Crippen LogP contribution in [-0.2, 0) is 4.79 Å². The highest BCUT2D eigenvalue weighted by molar-refractivity contribution is 5.94. The quantitative estimate of drug-likeness (QED) is 0.785. The number of hydrogen-bond donors (Lipinski definition) is 0. The van der Waals surface area contributed by atoms with Gasteiger partial charge in [-0.3, -0.25) is 4.79 Å². The van der Waals surface area contributed by atoms with E-state index in [0.29, 0.717) is 5.92 Å². The lowest BCUT2D eigenvalue weighted by Gasteiger charge is -2.22. The fourth-order valence-corrected chi connectivity index (χ4v) is 2.40. The third kappa shape index (κ3) is 3.63. The summed E-state index contributed by atoms with van der Waals surface area (Å²) in [5, 5.41) is 0. The molecule has 1 aliphatic carbocycles. The topological polar surface area (TPSA) is 17.1 Å². The number of carbonyl (C=O) groups is 1. The number of ketones is 1. The van der Waals surface area contributed by atoms with Crippen LogP contribution in [0.4, 0.5) is 4.39 Å². The monoisotopic (exact) mass is 258 g/mol. The van der Waals surface area contributed by atoms with Crippen molar-refractivity contribution in [3.05, 3.63) is 53.4 Å². The lowest BCUT2D eigenvalue weighted by atomic mass is 9.81. The van der Waals surface area contributed by atoms with Gasteiger partial charge in [0.15, 0.2) is 5.78 Å². The van der Waals surface area contributed by atoms with Gasteiger partial charge < -0.3 is 0 Å². The van der Waals surface area contributed by atoms with Gasteiger partial charge in [0.05, 0.1) is 0 Å². The predicted molar refractivity (Wildman–Crippen MR) is 76.1 cm³/mol. The van der Waals surface area contributed by atoms with Crippen molar-refractivity contribution in [2.75, 3.05) is 0 Å². The Bertz CT molecular complexity index is 509. The molecule has 0 saturated carbocycles. The van der Waals surface area contributed by atoms with Gasteiger partial charge in [0.25, 0.3) is 0 Å². The second-order valence-corrected chi connectivity index (χ2v) is 5.40. The van der Waals surface area contributed by atoms with Crippen molar-refractivity contribution >= 4 is 11.9 Å². The summed E-state index contributed by atoms with van der Waals surface area (Å²) in [6.07, 6.45) is 7.51. The van der Waals surface area contributed by atoms with Crippen LogP contribution in [0.25, 0.3) is 6.08 Å². The predicted octanol–water partition coefficient (Wildman–Crippen LogP) is 4.40. The molecule has 0 fully saturated rings. The Morgan fingerprint density at radius 2 is 1.89 bits per heavy atom. The standard InChI is InChI=1S/C17H19FO/c1-12(2)16-10-7-14(11-17(16)19)4-3-13-5-8-15(18)9-6-13/h3-6,8-9,11-12,16H,7,10H2,1-2H3/b4-3+. The Labute approximate surface area is 113 Å². The van der Waals surface area contributed by atoms with Crippen molar-refractivity contribution < 1.29 is 9.18 Å². The van der Waals surface area contributed by atoms with Gasteiger partial charge in [-0.1, -0.05) is 38.1 Å². The van der Waals surface area contributed by atoms with Gasteiger partial charge in [-0.15, -0.1) is 0 Å². The van der Waals surface area contributed by atoms with Gasteiger partial charge in [0.2, 0.25) is 0 Å². The minimum Gasteiger partial charge on any atom is -0.295 e. The molecule has 0 saturated heterocycles. The smallest absolute Gasteiger partial charge is 0.159 e. The maximum atomic E-state index is 12.8. The first kappa shape index (κ1) is 13.7. The minimum atomic E-state index is -0.232. The zero-order valence-corrected chi connectivity index (χ0v) is 11.4. The molecule has 0 aromatic heterocycles. The van der Waals surface area contributed by atoms with E-state index in [1.54, 1.807) is 18.2 Å². The van der Waals surface area contributed by atoms with Crippen LogP contribution in [0.1, 0.15) is 32.3 Å². The second kappa shape index (κ2) is 5.96. The van der Waals surface area contributed by atoms with E-state index >= 15 is 0 Å². The van der Waals surface area contributed by atoms with E-state index < -0.39 is 0 Å². The number of carbonyl (C=O) groups excluding carboxylic acids is 1. The number of benzene rings is 1. The maximum Gasteiger partial charge on any atom is 0.159 e. The Balaban J connectivity index is 2.06. The van der Waals surface area contributed by atoms with Gasteiger partial charge in [0, 0.05) is 5.92 Å². The Hall–Kier alpha value is -1.70. The molecule has 2 heteroatoms. The highest BCUT2D eigenvalue weighted by Gasteiger charge is 2.23. The molecule has 0 bridgehead atoms. The molecule has 0 radical (unpaired) electrons. The van der Waals surface area contributed by atoms with E-state index in [1.165, 1.54) is 12.1 Å². The van der Waals surface area contributed by atoms with Gasteiger partial charge in [-0.05, 0) is 48.1 Å². The fraction of sp³-hybridized carbons (Fsp3) is 0.353. The van der Waals surface area contributed by atoms with Crippen molar-refractivity contribution in [1.82, 2.24) is 0 Å². The van der Waals surface area contributed by atoms with Crippen molar-refractivity contribution in [3.63, 3.8) is 0 Å². The Kier molecular flexibility index (Phi) is 4.31. The molecule has 0 spiro atoms. The molecular formula is C17H19FO. The second-order valence-electron chi connectivity index (χ2n) is 5.40. The number of halogens is 1. The summed E-state index contributed by atoms with van der Waals surface area (Å²) in [7, 11) is 0. The normalized spacial score (nSPS) is 20.1. The molecule has 1 nitrogen and oxygen atoms in total. The Morgan fingerprint density at radius 1 is 1.21 bits per heavy atom. The van der Waals surface area contributed by atoms with Crippen LogP contribution in [0, 0.1) is 17.7 Å². The molecular weight excluding hydrogens is 239 g/mol. The number of rotatable bonds is 3. The zero-order chi connectivity index (χ0) is 13.8. The summed E-state index contributed by atoms with van der Waals surface area (Å²) >= 11 is 0. The van der Waals surface area contributed by atoms with E-state index in [0.717, 1.165) is 24.0 Å². The van der Waals surface area contributed by atoms with Crippen LogP contribution in [0.15, 0.2) is 42.0 Å². The summed E-state index contributed by atoms with van der Waals surface area (Å²) in [6.45, 7) is 4.19. The third-order valence-electron chi connectivity index (χ3n) is 3.60. The van der Waals surface area contributed by atoms with E-state index in [9.17, 15) is 9.18 Å². The maximum absolute atomic E-state index is 12.8. The highest BCUT2D eigenvalue weighted by atomic mass is 19.1.